The number of nitrogens with zero attached hydrogens (tertiary/aromatic N) is 3. The van der Waals surface area contributed by atoms with E-state index in [-0.39, 0.29) is 23.8 Å². The minimum Gasteiger partial charge on any atom is -0.468 e. The van der Waals surface area contributed by atoms with Gasteiger partial charge in [-0.1, -0.05) is 0 Å². The molecule has 1 N–H and O–H groups in total. The normalized spacial score (nSPS) is 9.69. The van der Waals surface area contributed by atoms with Gasteiger partial charge in [0, 0.05) is 0 Å². The summed E-state index contributed by atoms with van der Waals surface area (Å²) in [5.41, 5.74) is 0. The molecule has 0 aliphatic heterocycles. The van der Waals surface area contributed by atoms with E-state index in [1.165, 1.54) is 7.11 Å². The van der Waals surface area contributed by atoms with E-state index in [1.807, 2.05) is 0 Å². The summed E-state index contributed by atoms with van der Waals surface area (Å²) in [6.45, 7) is 2.15. The van der Waals surface area contributed by atoms with E-state index in [0.717, 1.165) is 0 Å². The van der Waals surface area contributed by atoms with E-state index in [1.54, 1.807) is 6.92 Å². The molecule has 0 fully saturated rings. The number of methoxy groups -OCH3 is 1. The second-order valence-corrected chi connectivity index (χ2v) is 2.91. The Bertz CT molecular complexity index is 374. The van der Waals surface area contributed by atoms with Crippen LogP contribution in [0.2, 0.25) is 5.28 Å². The van der Waals surface area contributed by atoms with Crippen molar-refractivity contribution in [3.05, 3.63) is 5.28 Å². The molecular weight excluding hydrogens is 236 g/mol. The van der Waals surface area contributed by atoms with Gasteiger partial charge in [0.2, 0.25) is 11.2 Å². The highest BCUT2D eigenvalue weighted by Crippen LogP contribution is 2.10. The zero-order valence-corrected chi connectivity index (χ0v) is 9.61. The summed E-state index contributed by atoms with van der Waals surface area (Å²) in [6.07, 6.45) is 0. The molecule has 0 aliphatic carbocycles. The second-order valence-electron chi connectivity index (χ2n) is 2.57. The first-order valence-corrected chi connectivity index (χ1v) is 4.88. The number of aromatic nitrogens is 3. The van der Waals surface area contributed by atoms with Crippen LogP contribution in [0.3, 0.4) is 0 Å². The SMILES string of the molecule is CCOc1nc(Cl)nc(NCC(=O)OC)n1. The topological polar surface area (TPSA) is 86.2 Å². The fourth-order valence-corrected chi connectivity index (χ4v) is 0.980. The average Bonchev–Trinajstić information content (AvgIpc) is 2.25. The van der Waals surface area contributed by atoms with E-state index in [0.29, 0.717) is 6.61 Å². The molecule has 0 unspecified atom stereocenters. The minimum atomic E-state index is -0.436. The Morgan fingerprint density at radius 3 is 2.81 bits per heavy atom. The highest BCUT2D eigenvalue weighted by Gasteiger charge is 2.07. The van der Waals surface area contributed by atoms with Gasteiger partial charge in [-0.15, -0.1) is 0 Å². The molecule has 8 heteroatoms. The first-order valence-electron chi connectivity index (χ1n) is 4.50. The predicted octanol–water partition coefficient (Wildman–Crippen LogP) is 0.509. The number of rotatable bonds is 5. The quantitative estimate of drug-likeness (QED) is 0.758. The van der Waals surface area contributed by atoms with Gasteiger partial charge in [0.15, 0.2) is 0 Å². The van der Waals surface area contributed by atoms with Crippen molar-refractivity contribution in [2.24, 2.45) is 0 Å². The Labute approximate surface area is 97.2 Å². The summed E-state index contributed by atoms with van der Waals surface area (Å²) in [7, 11) is 1.29. The fraction of sp³-hybridized carbons (Fsp3) is 0.500. The van der Waals surface area contributed by atoms with Gasteiger partial charge in [0.05, 0.1) is 13.7 Å². The molecule has 16 heavy (non-hydrogen) atoms. The number of anilines is 1. The lowest BCUT2D eigenvalue weighted by Gasteiger charge is -2.05. The molecule has 1 aromatic heterocycles. The van der Waals surface area contributed by atoms with Crippen LogP contribution in [0.4, 0.5) is 5.95 Å². The maximum atomic E-state index is 10.9. The van der Waals surface area contributed by atoms with Gasteiger partial charge < -0.3 is 14.8 Å². The van der Waals surface area contributed by atoms with Gasteiger partial charge in [-0.25, -0.2) is 0 Å². The lowest BCUT2D eigenvalue weighted by molar-refractivity contribution is -0.138. The van der Waals surface area contributed by atoms with E-state index in [9.17, 15) is 4.79 Å². The van der Waals surface area contributed by atoms with E-state index < -0.39 is 5.97 Å². The van der Waals surface area contributed by atoms with Crippen molar-refractivity contribution < 1.29 is 14.3 Å². The van der Waals surface area contributed by atoms with E-state index >= 15 is 0 Å². The number of halogens is 1. The third-order valence-electron chi connectivity index (χ3n) is 1.48. The van der Waals surface area contributed by atoms with Crippen molar-refractivity contribution in [2.45, 2.75) is 6.92 Å². The predicted molar refractivity (Wildman–Crippen MR) is 56.5 cm³/mol. The summed E-state index contributed by atoms with van der Waals surface area (Å²) in [5, 5.41) is 2.63. The first-order chi connectivity index (χ1) is 7.65. The van der Waals surface area contributed by atoms with Crippen LogP contribution in [0.25, 0.3) is 0 Å². The Kier molecular flexibility index (Phi) is 4.71. The van der Waals surface area contributed by atoms with Crippen LogP contribution in [0.5, 0.6) is 6.01 Å². The number of carbonyl (C=O) groups excluding carboxylic acids is 1. The van der Waals surface area contributed by atoms with E-state index in [2.05, 4.69) is 25.0 Å². The molecule has 0 saturated heterocycles. The van der Waals surface area contributed by atoms with Crippen LogP contribution in [-0.4, -0.2) is 41.2 Å². The lowest BCUT2D eigenvalue weighted by atomic mass is 10.6. The van der Waals surface area contributed by atoms with Gasteiger partial charge in [0.25, 0.3) is 0 Å². The van der Waals surface area contributed by atoms with Crippen LogP contribution in [0.1, 0.15) is 6.92 Å². The number of nitrogens with one attached hydrogen (secondary N) is 1. The molecule has 0 bridgehead atoms. The monoisotopic (exact) mass is 246 g/mol. The minimum absolute atomic E-state index is 0.00850. The van der Waals surface area contributed by atoms with Gasteiger partial charge in [-0.2, -0.15) is 15.0 Å². The summed E-state index contributed by atoms with van der Waals surface area (Å²) in [5.74, 6) is -0.275. The number of esters is 1. The Balaban J connectivity index is 2.68. The van der Waals surface area contributed by atoms with Crippen LogP contribution in [-0.2, 0) is 9.53 Å². The summed E-state index contributed by atoms with van der Waals surface area (Å²) in [4.78, 5) is 22.2. The molecule has 0 spiro atoms. The standard InChI is InChI=1S/C8H11ClN4O3/c1-3-16-8-12-6(9)11-7(13-8)10-4-5(14)15-2/h3-4H2,1-2H3,(H,10,11,12,13). The van der Waals surface area contributed by atoms with Crippen molar-refractivity contribution in [3.8, 4) is 6.01 Å². The first kappa shape index (κ1) is 12.4. The highest BCUT2D eigenvalue weighted by atomic mass is 35.5. The molecule has 0 aromatic carbocycles. The van der Waals surface area contributed by atoms with Crippen molar-refractivity contribution in [2.75, 3.05) is 25.6 Å². The van der Waals surface area contributed by atoms with Gasteiger partial charge in [-0.3, -0.25) is 4.79 Å². The van der Waals surface area contributed by atoms with Crippen molar-refractivity contribution in [1.82, 2.24) is 15.0 Å². The van der Waals surface area contributed by atoms with Crippen molar-refractivity contribution in [1.29, 1.82) is 0 Å². The number of ether oxygens (including phenoxy) is 2. The fourth-order valence-electron chi connectivity index (χ4n) is 0.828. The highest BCUT2D eigenvalue weighted by molar-refractivity contribution is 6.28. The zero-order valence-electron chi connectivity index (χ0n) is 8.86. The van der Waals surface area contributed by atoms with Crippen molar-refractivity contribution >= 4 is 23.5 Å². The molecule has 1 rings (SSSR count). The Morgan fingerprint density at radius 2 is 2.19 bits per heavy atom. The van der Waals surface area contributed by atoms with E-state index in [4.69, 9.17) is 16.3 Å². The molecule has 0 atom stereocenters. The van der Waals surface area contributed by atoms with Crippen LogP contribution in [0, 0.1) is 0 Å². The Morgan fingerprint density at radius 1 is 1.44 bits per heavy atom. The van der Waals surface area contributed by atoms with Gasteiger partial charge >= 0.3 is 12.0 Å². The maximum Gasteiger partial charge on any atom is 0.325 e. The summed E-state index contributed by atoms with van der Waals surface area (Å²) in [6, 6.07) is 0.106. The second kappa shape index (κ2) is 6.06. The smallest absolute Gasteiger partial charge is 0.325 e. The van der Waals surface area contributed by atoms with Gasteiger partial charge in [-0.05, 0) is 18.5 Å². The number of hydrogen-bond donors (Lipinski definition) is 1. The maximum absolute atomic E-state index is 10.9. The lowest BCUT2D eigenvalue weighted by Crippen LogP contribution is -2.17. The zero-order chi connectivity index (χ0) is 12.0. The average molecular weight is 247 g/mol. The van der Waals surface area contributed by atoms with Gasteiger partial charge in [0.1, 0.15) is 6.54 Å². The summed E-state index contributed by atoms with van der Waals surface area (Å²) < 4.78 is 9.50. The van der Waals surface area contributed by atoms with Crippen molar-refractivity contribution in [3.63, 3.8) is 0 Å². The molecule has 88 valence electrons. The molecule has 1 heterocycles. The molecular formula is C8H11ClN4O3. The molecule has 7 nitrogen and oxygen atoms in total. The third-order valence-corrected chi connectivity index (χ3v) is 1.65. The molecule has 1 aromatic rings. The summed E-state index contributed by atoms with van der Waals surface area (Å²) >= 11 is 5.64. The Hall–Kier alpha value is -1.63. The largest absolute Gasteiger partial charge is 0.468 e. The molecule has 0 aliphatic rings. The number of hydrogen-bond acceptors (Lipinski definition) is 7. The molecule has 0 amide bonds. The van der Waals surface area contributed by atoms with Crippen LogP contribution < -0.4 is 10.1 Å². The molecule has 0 radical (unpaired) electrons. The number of carbonyl (C=O) groups is 1. The molecule has 0 saturated carbocycles. The van der Waals surface area contributed by atoms with Crippen LogP contribution in [0.15, 0.2) is 0 Å². The van der Waals surface area contributed by atoms with Crippen LogP contribution >= 0.6 is 11.6 Å². The third kappa shape index (κ3) is 3.85.